The van der Waals surface area contributed by atoms with Crippen molar-refractivity contribution in [3.05, 3.63) is 64.1 Å². The second-order valence-corrected chi connectivity index (χ2v) is 4.78. The number of anilines is 1. The van der Waals surface area contributed by atoms with E-state index in [1.165, 1.54) is 12.1 Å². The van der Waals surface area contributed by atoms with Crippen LogP contribution in [0.2, 0.25) is 0 Å². The minimum absolute atomic E-state index is 0.224. The van der Waals surface area contributed by atoms with Crippen molar-refractivity contribution in [3.8, 4) is 0 Å². The van der Waals surface area contributed by atoms with Gasteiger partial charge in [0.05, 0.1) is 16.8 Å². The molecule has 0 radical (unpaired) electrons. The highest BCUT2D eigenvalue weighted by Gasteiger charge is 2.33. The lowest BCUT2D eigenvalue weighted by Gasteiger charge is -2.14. The van der Waals surface area contributed by atoms with Gasteiger partial charge >= 0.3 is 12.1 Å². The van der Waals surface area contributed by atoms with Crippen molar-refractivity contribution >= 4 is 17.6 Å². The lowest BCUT2D eigenvalue weighted by atomic mass is 10.1. The van der Waals surface area contributed by atoms with Crippen LogP contribution in [0.15, 0.2) is 47.4 Å². The number of aromatic nitrogens is 1. The van der Waals surface area contributed by atoms with E-state index in [4.69, 9.17) is 5.11 Å². The van der Waals surface area contributed by atoms with Crippen LogP contribution in [-0.4, -0.2) is 21.6 Å². The van der Waals surface area contributed by atoms with Crippen LogP contribution in [0, 0.1) is 0 Å². The van der Waals surface area contributed by atoms with E-state index in [0.717, 1.165) is 35.0 Å². The van der Waals surface area contributed by atoms with Gasteiger partial charge < -0.3 is 15.0 Å². The molecule has 1 amide bonds. The zero-order chi connectivity index (χ0) is 17.9. The van der Waals surface area contributed by atoms with Gasteiger partial charge in [-0.2, -0.15) is 13.2 Å². The number of carboxylic acids is 1. The van der Waals surface area contributed by atoms with Crippen molar-refractivity contribution in [2.45, 2.75) is 12.7 Å². The molecule has 0 aliphatic rings. The number of rotatable bonds is 4. The van der Waals surface area contributed by atoms with Gasteiger partial charge in [-0.3, -0.25) is 9.59 Å². The summed E-state index contributed by atoms with van der Waals surface area (Å²) < 4.78 is 39.4. The van der Waals surface area contributed by atoms with Crippen LogP contribution >= 0.6 is 0 Å². The number of carbonyl (C=O) groups excluding carboxylic acids is 1. The molecule has 1 heterocycles. The van der Waals surface area contributed by atoms with Crippen LogP contribution in [0.3, 0.4) is 0 Å². The summed E-state index contributed by atoms with van der Waals surface area (Å²) in [6.07, 6.45) is -3.70. The van der Waals surface area contributed by atoms with Gasteiger partial charge in [0.25, 0.3) is 5.56 Å². The van der Waals surface area contributed by atoms with Crippen molar-refractivity contribution in [2.24, 2.45) is 0 Å². The fraction of sp³-hybridized carbons (Fsp3) is 0.133. The molecular formula is C15H11F3N2O4. The Balaban J connectivity index is 2.23. The maximum Gasteiger partial charge on any atom is 0.418 e. The quantitative estimate of drug-likeness (QED) is 0.893. The molecule has 2 rings (SSSR count). The summed E-state index contributed by atoms with van der Waals surface area (Å²) in [4.78, 5) is 34.4. The number of benzene rings is 1. The number of nitrogens with zero attached hydrogens (tertiary/aromatic N) is 1. The van der Waals surface area contributed by atoms with Gasteiger partial charge in [-0.05, 0) is 18.2 Å². The first kappa shape index (κ1) is 17.3. The molecule has 126 valence electrons. The molecule has 1 aromatic carbocycles. The Hall–Kier alpha value is -3.10. The first-order valence-electron chi connectivity index (χ1n) is 6.58. The summed E-state index contributed by atoms with van der Waals surface area (Å²) in [5, 5.41) is 10.9. The van der Waals surface area contributed by atoms with Crippen molar-refractivity contribution in [1.29, 1.82) is 0 Å². The number of amides is 1. The third-order valence-corrected chi connectivity index (χ3v) is 3.05. The molecule has 9 heteroatoms. The van der Waals surface area contributed by atoms with Gasteiger partial charge in [-0.15, -0.1) is 0 Å². The molecular weight excluding hydrogens is 329 g/mol. The molecule has 0 aliphatic carbocycles. The fourth-order valence-corrected chi connectivity index (χ4v) is 1.97. The minimum Gasteiger partial charge on any atom is -0.478 e. The van der Waals surface area contributed by atoms with Gasteiger partial charge in [-0.25, -0.2) is 4.79 Å². The third-order valence-electron chi connectivity index (χ3n) is 3.05. The van der Waals surface area contributed by atoms with Crippen LogP contribution in [0.25, 0.3) is 0 Å². The normalized spacial score (nSPS) is 11.1. The Morgan fingerprint density at radius 3 is 2.42 bits per heavy atom. The molecule has 0 aliphatic heterocycles. The van der Waals surface area contributed by atoms with E-state index < -0.39 is 41.4 Å². The maximum absolute atomic E-state index is 12.9. The number of hydrogen-bond acceptors (Lipinski definition) is 3. The number of para-hydroxylation sites is 1. The summed E-state index contributed by atoms with van der Waals surface area (Å²) >= 11 is 0. The fourth-order valence-electron chi connectivity index (χ4n) is 1.97. The van der Waals surface area contributed by atoms with Crippen LogP contribution in [0.4, 0.5) is 18.9 Å². The molecule has 0 bridgehead atoms. The molecule has 0 unspecified atom stereocenters. The molecule has 0 spiro atoms. The molecule has 6 nitrogen and oxygen atoms in total. The van der Waals surface area contributed by atoms with Crippen molar-refractivity contribution in [2.75, 3.05) is 5.32 Å². The van der Waals surface area contributed by atoms with E-state index in [9.17, 15) is 27.6 Å². The van der Waals surface area contributed by atoms with E-state index in [1.54, 1.807) is 0 Å². The smallest absolute Gasteiger partial charge is 0.418 e. The predicted octanol–water partition coefficient (Wildman–Crippen LogP) is 2.20. The summed E-state index contributed by atoms with van der Waals surface area (Å²) in [6.45, 7) is -0.619. The van der Waals surface area contributed by atoms with Crippen LogP contribution in [-0.2, 0) is 17.5 Å². The van der Waals surface area contributed by atoms with Crippen LogP contribution in [0.1, 0.15) is 15.9 Å². The number of halogens is 3. The molecule has 2 aromatic rings. The van der Waals surface area contributed by atoms with E-state index in [-0.39, 0.29) is 5.56 Å². The van der Waals surface area contributed by atoms with E-state index in [1.807, 2.05) is 0 Å². The second-order valence-electron chi connectivity index (χ2n) is 4.78. The Morgan fingerprint density at radius 2 is 1.79 bits per heavy atom. The first-order valence-corrected chi connectivity index (χ1v) is 6.58. The zero-order valence-corrected chi connectivity index (χ0v) is 12.0. The average Bonchev–Trinajstić information content (AvgIpc) is 2.48. The molecule has 0 atom stereocenters. The zero-order valence-electron chi connectivity index (χ0n) is 12.0. The van der Waals surface area contributed by atoms with Crippen LogP contribution in [0.5, 0.6) is 0 Å². The lowest BCUT2D eigenvalue weighted by molar-refractivity contribution is -0.137. The monoisotopic (exact) mass is 340 g/mol. The SMILES string of the molecule is O=C(Cn1cc(C(=O)O)ccc1=O)Nc1ccccc1C(F)(F)F. The number of alkyl halides is 3. The number of nitrogens with one attached hydrogen (secondary N) is 1. The Morgan fingerprint density at radius 1 is 1.12 bits per heavy atom. The summed E-state index contributed by atoms with van der Waals surface area (Å²) in [5.41, 5.74) is -2.35. The number of aromatic carboxylic acids is 1. The standard InChI is InChI=1S/C15H11F3N2O4/c16-15(17,18)10-3-1-2-4-11(10)19-12(21)8-20-7-9(14(23)24)5-6-13(20)22/h1-7H,8H2,(H,19,21)(H,23,24). The van der Waals surface area contributed by atoms with Gasteiger partial charge in [0.15, 0.2) is 0 Å². The van der Waals surface area contributed by atoms with E-state index in [0.29, 0.717) is 0 Å². The third kappa shape index (κ3) is 4.00. The number of carboxylic acid groups (broad SMARTS) is 1. The molecule has 0 saturated carbocycles. The minimum atomic E-state index is -4.65. The molecule has 1 aromatic heterocycles. The summed E-state index contributed by atoms with van der Waals surface area (Å²) in [7, 11) is 0. The predicted molar refractivity (Wildman–Crippen MR) is 77.7 cm³/mol. The summed E-state index contributed by atoms with van der Waals surface area (Å²) in [6, 6.07) is 6.42. The Kier molecular flexibility index (Phi) is 4.72. The van der Waals surface area contributed by atoms with Crippen LogP contribution < -0.4 is 10.9 Å². The highest BCUT2D eigenvalue weighted by molar-refractivity contribution is 5.91. The van der Waals surface area contributed by atoms with Gasteiger partial charge in [0.1, 0.15) is 6.54 Å². The largest absolute Gasteiger partial charge is 0.478 e. The van der Waals surface area contributed by atoms with E-state index >= 15 is 0 Å². The highest BCUT2D eigenvalue weighted by atomic mass is 19.4. The van der Waals surface area contributed by atoms with Crippen molar-refractivity contribution in [1.82, 2.24) is 4.57 Å². The van der Waals surface area contributed by atoms with Gasteiger partial charge in [-0.1, -0.05) is 12.1 Å². The Labute approximate surface area is 133 Å². The average molecular weight is 340 g/mol. The van der Waals surface area contributed by atoms with Gasteiger partial charge in [0, 0.05) is 12.3 Å². The molecule has 24 heavy (non-hydrogen) atoms. The summed E-state index contributed by atoms with van der Waals surface area (Å²) in [5.74, 6) is -2.19. The van der Waals surface area contributed by atoms with E-state index in [2.05, 4.69) is 5.32 Å². The number of pyridine rings is 1. The topological polar surface area (TPSA) is 88.4 Å². The maximum atomic E-state index is 12.9. The molecule has 0 saturated heterocycles. The highest BCUT2D eigenvalue weighted by Crippen LogP contribution is 2.34. The lowest BCUT2D eigenvalue weighted by Crippen LogP contribution is -2.28. The number of carbonyl (C=O) groups is 2. The van der Waals surface area contributed by atoms with Crippen molar-refractivity contribution < 1.29 is 27.9 Å². The Bertz CT molecular complexity index is 843. The first-order chi connectivity index (χ1) is 11.2. The molecule has 2 N–H and O–H groups in total. The van der Waals surface area contributed by atoms with Gasteiger partial charge in [0.2, 0.25) is 5.91 Å². The molecule has 0 fully saturated rings. The van der Waals surface area contributed by atoms with Crippen molar-refractivity contribution in [3.63, 3.8) is 0 Å². The number of hydrogen-bond donors (Lipinski definition) is 2. The second kappa shape index (κ2) is 6.57.